The maximum absolute atomic E-state index is 12.0. The molecule has 0 saturated heterocycles. The first-order valence-electron chi connectivity index (χ1n) is 8.16. The number of nitrogens with one attached hydrogen (secondary N) is 2. The summed E-state index contributed by atoms with van der Waals surface area (Å²) in [5.41, 5.74) is 0.711. The lowest BCUT2D eigenvalue weighted by Crippen LogP contribution is -2.47. The molecule has 2 amide bonds. The third-order valence-corrected chi connectivity index (χ3v) is 3.82. The van der Waals surface area contributed by atoms with Crippen LogP contribution >= 0.6 is 0 Å². The van der Waals surface area contributed by atoms with Gasteiger partial charge in [-0.2, -0.15) is 0 Å². The summed E-state index contributed by atoms with van der Waals surface area (Å²) in [6.07, 6.45) is 0.237. The van der Waals surface area contributed by atoms with E-state index in [0.717, 1.165) is 5.56 Å². The number of hydrogen-bond donors (Lipinski definition) is 4. The van der Waals surface area contributed by atoms with Gasteiger partial charge >= 0.3 is 12.0 Å². The molecule has 0 aliphatic rings. The molecule has 0 aromatic heterocycles. The molecule has 0 bridgehead atoms. The van der Waals surface area contributed by atoms with Crippen LogP contribution in [0.1, 0.15) is 39.2 Å². The molecule has 4 N–H and O–H groups in total. The number of carboxylic acid groups (broad SMARTS) is 1. The number of benzene rings is 1. The molecule has 6 heteroatoms. The minimum absolute atomic E-state index is 0.0115. The normalized spacial score (nSPS) is 13.8. The number of aliphatic hydroxyl groups is 1. The number of amides is 2. The predicted molar refractivity (Wildman–Crippen MR) is 92.8 cm³/mol. The van der Waals surface area contributed by atoms with Crippen LogP contribution in [0.5, 0.6) is 0 Å². The van der Waals surface area contributed by atoms with Crippen molar-refractivity contribution in [3.8, 4) is 0 Å². The third kappa shape index (κ3) is 7.97. The van der Waals surface area contributed by atoms with Crippen LogP contribution in [0.4, 0.5) is 4.79 Å². The van der Waals surface area contributed by atoms with Crippen molar-refractivity contribution in [2.24, 2.45) is 5.41 Å². The van der Waals surface area contributed by atoms with Crippen molar-refractivity contribution in [2.45, 2.75) is 52.2 Å². The Bertz CT molecular complexity index is 526. The lowest BCUT2D eigenvalue weighted by molar-refractivity contribution is -0.137. The van der Waals surface area contributed by atoms with Crippen molar-refractivity contribution in [1.29, 1.82) is 0 Å². The average Bonchev–Trinajstić information content (AvgIpc) is 2.50. The summed E-state index contributed by atoms with van der Waals surface area (Å²) in [6, 6.07) is 8.92. The van der Waals surface area contributed by atoms with Crippen LogP contribution in [0.25, 0.3) is 0 Å². The molecule has 0 spiro atoms. The first-order chi connectivity index (χ1) is 11.2. The number of rotatable bonds is 8. The Labute approximate surface area is 143 Å². The van der Waals surface area contributed by atoms with E-state index in [1.165, 1.54) is 0 Å². The highest BCUT2D eigenvalue weighted by atomic mass is 16.4. The van der Waals surface area contributed by atoms with Crippen molar-refractivity contribution in [2.75, 3.05) is 6.54 Å². The minimum Gasteiger partial charge on any atom is -0.481 e. The highest BCUT2D eigenvalue weighted by molar-refractivity contribution is 5.74. The van der Waals surface area contributed by atoms with Crippen LogP contribution in [0.15, 0.2) is 30.3 Å². The van der Waals surface area contributed by atoms with Crippen LogP contribution in [0.3, 0.4) is 0 Å². The monoisotopic (exact) mass is 336 g/mol. The van der Waals surface area contributed by atoms with E-state index >= 15 is 0 Å². The molecule has 1 aromatic carbocycles. The molecule has 24 heavy (non-hydrogen) atoms. The first-order valence-corrected chi connectivity index (χ1v) is 8.16. The summed E-state index contributed by atoms with van der Waals surface area (Å²) in [5.74, 6) is -0.890. The van der Waals surface area contributed by atoms with Crippen LogP contribution in [-0.2, 0) is 11.2 Å². The molecule has 0 heterocycles. The molecule has 0 aliphatic heterocycles. The summed E-state index contributed by atoms with van der Waals surface area (Å²) < 4.78 is 0. The Morgan fingerprint density at radius 3 is 2.33 bits per heavy atom. The van der Waals surface area contributed by atoms with Gasteiger partial charge in [-0.05, 0) is 23.8 Å². The zero-order valence-corrected chi connectivity index (χ0v) is 14.6. The van der Waals surface area contributed by atoms with E-state index in [2.05, 4.69) is 10.6 Å². The van der Waals surface area contributed by atoms with Gasteiger partial charge in [-0.1, -0.05) is 51.1 Å². The van der Waals surface area contributed by atoms with Gasteiger partial charge in [0, 0.05) is 19.0 Å². The lowest BCUT2D eigenvalue weighted by atomic mass is 9.89. The fourth-order valence-electron chi connectivity index (χ4n) is 2.15. The zero-order chi connectivity index (χ0) is 18.2. The molecule has 6 nitrogen and oxygen atoms in total. The molecule has 0 radical (unpaired) electrons. The summed E-state index contributed by atoms with van der Waals surface area (Å²) in [6.45, 7) is 5.82. The van der Waals surface area contributed by atoms with Gasteiger partial charge in [-0.3, -0.25) is 4.79 Å². The van der Waals surface area contributed by atoms with Crippen molar-refractivity contribution < 1.29 is 19.8 Å². The molecular weight excluding hydrogens is 308 g/mol. The Hall–Kier alpha value is -2.08. The second kappa shape index (κ2) is 9.27. The number of aliphatic hydroxyl groups excluding tert-OH is 1. The number of carboxylic acids is 1. The van der Waals surface area contributed by atoms with Gasteiger partial charge in [0.05, 0.1) is 6.10 Å². The van der Waals surface area contributed by atoms with Crippen LogP contribution in [0, 0.1) is 5.41 Å². The number of hydrogen-bond acceptors (Lipinski definition) is 3. The van der Waals surface area contributed by atoms with Gasteiger partial charge in [-0.15, -0.1) is 0 Å². The van der Waals surface area contributed by atoms with Gasteiger partial charge in [-0.25, -0.2) is 4.79 Å². The largest absolute Gasteiger partial charge is 0.481 e. The minimum atomic E-state index is -0.890. The van der Waals surface area contributed by atoms with Gasteiger partial charge < -0.3 is 20.8 Å². The fraction of sp³-hybridized carbons (Fsp3) is 0.556. The van der Waals surface area contributed by atoms with E-state index in [0.29, 0.717) is 12.8 Å². The van der Waals surface area contributed by atoms with Crippen molar-refractivity contribution >= 4 is 12.0 Å². The van der Waals surface area contributed by atoms with Gasteiger partial charge in [0.15, 0.2) is 0 Å². The standard InChI is InChI=1S/C18H28N2O4/c1-18(2,3)15(21)12-19-17(24)20-14(9-10-16(22)23)11-13-7-5-4-6-8-13/h4-8,14-15,21H,9-12H2,1-3H3,(H,22,23)(H2,19,20,24). The Morgan fingerprint density at radius 2 is 1.79 bits per heavy atom. The molecule has 0 fully saturated rings. The molecule has 1 rings (SSSR count). The van der Waals surface area contributed by atoms with E-state index in [1.54, 1.807) is 0 Å². The van der Waals surface area contributed by atoms with E-state index in [-0.39, 0.29) is 24.4 Å². The van der Waals surface area contributed by atoms with Gasteiger partial charge in [0.2, 0.25) is 0 Å². The third-order valence-electron chi connectivity index (χ3n) is 3.82. The topological polar surface area (TPSA) is 98.7 Å². The van der Waals surface area contributed by atoms with Crippen molar-refractivity contribution in [3.63, 3.8) is 0 Å². The van der Waals surface area contributed by atoms with E-state index in [4.69, 9.17) is 5.11 Å². The highest BCUT2D eigenvalue weighted by Crippen LogP contribution is 2.18. The van der Waals surface area contributed by atoms with E-state index < -0.39 is 18.1 Å². The lowest BCUT2D eigenvalue weighted by Gasteiger charge is -2.26. The summed E-state index contributed by atoms with van der Waals surface area (Å²) in [7, 11) is 0. The number of carbonyl (C=O) groups is 2. The molecule has 0 aliphatic carbocycles. The second-order valence-electron chi connectivity index (χ2n) is 7.06. The summed E-state index contributed by atoms with van der Waals surface area (Å²) in [4.78, 5) is 22.8. The van der Waals surface area contributed by atoms with Crippen LogP contribution in [0.2, 0.25) is 0 Å². The summed E-state index contributed by atoms with van der Waals surface area (Å²) >= 11 is 0. The molecular formula is C18H28N2O4. The van der Waals surface area contributed by atoms with Gasteiger partial charge in [0.25, 0.3) is 0 Å². The number of urea groups is 1. The van der Waals surface area contributed by atoms with Crippen molar-refractivity contribution in [3.05, 3.63) is 35.9 Å². The van der Waals surface area contributed by atoms with Crippen LogP contribution in [-0.4, -0.2) is 40.9 Å². The van der Waals surface area contributed by atoms with E-state index in [1.807, 2.05) is 51.1 Å². The molecule has 1 aromatic rings. The Morgan fingerprint density at radius 1 is 1.17 bits per heavy atom. The number of aliphatic carboxylic acids is 1. The molecule has 0 saturated carbocycles. The van der Waals surface area contributed by atoms with E-state index in [9.17, 15) is 14.7 Å². The quantitative estimate of drug-likeness (QED) is 0.585. The van der Waals surface area contributed by atoms with Crippen LogP contribution < -0.4 is 10.6 Å². The van der Waals surface area contributed by atoms with Gasteiger partial charge in [0.1, 0.15) is 0 Å². The average molecular weight is 336 g/mol. The summed E-state index contributed by atoms with van der Waals surface area (Å²) in [5, 5.41) is 24.3. The second-order valence-corrected chi connectivity index (χ2v) is 7.06. The first kappa shape index (κ1) is 20.0. The molecule has 2 atom stereocenters. The number of carbonyl (C=O) groups excluding carboxylic acids is 1. The smallest absolute Gasteiger partial charge is 0.315 e. The molecule has 134 valence electrons. The predicted octanol–water partition coefficient (Wildman–Crippen LogP) is 2.17. The zero-order valence-electron chi connectivity index (χ0n) is 14.6. The highest BCUT2D eigenvalue weighted by Gasteiger charge is 2.23. The molecule has 2 unspecified atom stereocenters. The fourth-order valence-corrected chi connectivity index (χ4v) is 2.15. The van der Waals surface area contributed by atoms with Crippen molar-refractivity contribution in [1.82, 2.24) is 10.6 Å². The Kier molecular flexibility index (Phi) is 7.71. The maximum Gasteiger partial charge on any atom is 0.315 e. The maximum atomic E-state index is 12.0. The SMILES string of the molecule is CC(C)(C)C(O)CNC(=O)NC(CCC(=O)O)Cc1ccccc1. The Balaban J connectivity index is 2.56.